The van der Waals surface area contributed by atoms with E-state index in [2.05, 4.69) is 264 Å². The van der Waals surface area contributed by atoms with Crippen LogP contribution in [-0.2, 0) is 5.41 Å². The number of anilines is 3. The molecule has 2 heterocycles. The SMILES string of the molecule is c1ccc(-n2c3ccccc3c3c(-c4ccc(N(c5ccc(-c6ccc7sc8ccccc8c7c6)cc5)c5cccc6c5C5(c7ccccc7-c7ccccc75)c5ccccc5-6)cc4)cccc32)cc1. The Kier molecular flexibility index (Phi) is 8.48. The van der Waals surface area contributed by atoms with Crippen molar-refractivity contribution in [3.8, 4) is 50.2 Å². The Morgan fingerprint density at radius 3 is 1.57 bits per heavy atom. The van der Waals surface area contributed by atoms with E-state index in [4.69, 9.17) is 0 Å². The second-order valence-corrected chi connectivity index (χ2v) is 19.8. The number of fused-ring (bicyclic) bond motifs is 16. The number of nitrogens with zero attached hydrogens (tertiary/aromatic N) is 2. The Labute approximate surface area is 410 Å². The normalized spacial score (nSPS) is 13.0. The van der Waals surface area contributed by atoms with Gasteiger partial charge in [-0.1, -0.05) is 182 Å². The van der Waals surface area contributed by atoms with Gasteiger partial charge in [0, 0.05) is 53.6 Å². The molecule has 0 bridgehead atoms. The summed E-state index contributed by atoms with van der Waals surface area (Å²) in [5.74, 6) is 0. The maximum absolute atomic E-state index is 2.51. The van der Waals surface area contributed by atoms with E-state index in [0.717, 1.165) is 17.1 Å². The van der Waals surface area contributed by atoms with E-state index in [1.54, 1.807) is 0 Å². The Balaban J connectivity index is 0.939. The highest BCUT2D eigenvalue weighted by Crippen LogP contribution is 2.65. The molecule has 15 rings (SSSR count). The second-order valence-electron chi connectivity index (χ2n) is 18.7. The molecule has 3 heteroatoms. The van der Waals surface area contributed by atoms with Crippen molar-refractivity contribution in [3.05, 3.63) is 277 Å². The molecule has 0 N–H and O–H groups in total. The third kappa shape index (κ3) is 5.49. The minimum absolute atomic E-state index is 0.519. The fourth-order valence-electron chi connectivity index (χ4n) is 12.4. The van der Waals surface area contributed by atoms with Crippen molar-refractivity contribution in [2.24, 2.45) is 0 Å². The van der Waals surface area contributed by atoms with Gasteiger partial charge in [0.2, 0.25) is 0 Å². The first kappa shape index (κ1) is 39.3. The number of benzene rings is 11. The van der Waals surface area contributed by atoms with Crippen molar-refractivity contribution in [1.29, 1.82) is 0 Å². The predicted molar refractivity (Wildman–Crippen MR) is 296 cm³/mol. The summed E-state index contributed by atoms with van der Waals surface area (Å²) in [5, 5.41) is 5.13. The van der Waals surface area contributed by atoms with E-state index in [0.29, 0.717) is 0 Å². The van der Waals surface area contributed by atoms with Crippen LogP contribution in [0.3, 0.4) is 0 Å². The number of aromatic nitrogens is 1. The summed E-state index contributed by atoms with van der Waals surface area (Å²) in [6, 6.07) is 94.8. The second kappa shape index (κ2) is 15.1. The number of hydrogen-bond donors (Lipinski definition) is 0. The van der Waals surface area contributed by atoms with Crippen molar-refractivity contribution in [2.75, 3.05) is 4.90 Å². The third-order valence-corrected chi connectivity index (χ3v) is 16.4. The van der Waals surface area contributed by atoms with E-state index >= 15 is 0 Å². The quantitative estimate of drug-likeness (QED) is 0.161. The van der Waals surface area contributed by atoms with Crippen LogP contribution in [0.2, 0.25) is 0 Å². The molecule has 326 valence electrons. The lowest BCUT2D eigenvalue weighted by Crippen LogP contribution is -2.28. The zero-order valence-corrected chi connectivity index (χ0v) is 38.9. The van der Waals surface area contributed by atoms with Crippen molar-refractivity contribution in [2.45, 2.75) is 5.41 Å². The van der Waals surface area contributed by atoms with Gasteiger partial charge in [0.15, 0.2) is 0 Å². The Hall–Kier alpha value is -8.76. The van der Waals surface area contributed by atoms with E-state index in [-0.39, 0.29) is 0 Å². The lowest BCUT2D eigenvalue weighted by molar-refractivity contribution is 0.793. The molecule has 2 nitrogen and oxygen atoms in total. The molecule has 0 aliphatic heterocycles. The summed E-state index contributed by atoms with van der Waals surface area (Å²) in [7, 11) is 0. The highest BCUT2D eigenvalue weighted by molar-refractivity contribution is 7.25. The molecule has 11 aromatic carbocycles. The van der Waals surface area contributed by atoms with Gasteiger partial charge >= 0.3 is 0 Å². The summed E-state index contributed by atoms with van der Waals surface area (Å²) in [6.07, 6.45) is 0. The van der Waals surface area contributed by atoms with Gasteiger partial charge in [-0.05, 0) is 134 Å². The lowest BCUT2D eigenvalue weighted by Gasteiger charge is -2.36. The number of rotatable bonds is 6. The number of para-hydroxylation sites is 2. The van der Waals surface area contributed by atoms with Gasteiger partial charge < -0.3 is 9.47 Å². The van der Waals surface area contributed by atoms with Crippen LogP contribution in [0, 0.1) is 0 Å². The molecular formula is C67H42N2S. The van der Waals surface area contributed by atoms with Crippen molar-refractivity contribution < 1.29 is 0 Å². The van der Waals surface area contributed by atoms with E-state index in [9.17, 15) is 0 Å². The largest absolute Gasteiger partial charge is 0.310 e. The first-order valence-corrected chi connectivity index (χ1v) is 25.0. The average molecular weight is 907 g/mol. The summed E-state index contributed by atoms with van der Waals surface area (Å²) in [4.78, 5) is 2.51. The fraction of sp³-hybridized carbons (Fsp3) is 0.0149. The number of thiophene rings is 1. The molecule has 70 heavy (non-hydrogen) atoms. The molecule has 0 saturated heterocycles. The first-order valence-electron chi connectivity index (χ1n) is 24.2. The summed E-state index contributed by atoms with van der Waals surface area (Å²) in [6.45, 7) is 0. The summed E-state index contributed by atoms with van der Waals surface area (Å²) >= 11 is 1.86. The van der Waals surface area contributed by atoms with E-state index in [1.165, 1.54) is 114 Å². The first-order chi connectivity index (χ1) is 34.7. The zero-order valence-electron chi connectivity index (χ0n) is 38.1. The lowest BCUT2D eigenvalue weighted by atomic mass is 9.70. The average Bonchev–Trinajstić information content (AvgIpc) is 4.16. The topological polar surface area (TPSA) is 8.17 Å². The molecule has 0 atom stereocenters. The maximum Gasteiger partial charge on any atom is 0.0746 e. The highest BCUT2D eigenvalue weighted by Gasteiger charge is 2.53. The molecule has 0 amide bonds. The maximum atomic E-state index is 2.51. The van der Waals surface area contributed by atoms with Crippen molar-refractivity contribution in [3.63, 3.8) is 0 Å². The van der Waals surface area contributed by atoms with Crippen LogP contribution in [0.4, 0.5) is 17.1 Å². The summed E-state index contributed by atoms with van der Waals surface area (Å²) < 4.78 is 5.04. The molecule has 2 aliphatic rings. The molecule has 0 radical (unpaired) electrons. The molecule has 2 aromatic heterocycles. The van der Waals surface area contributed by atoms with Gasteiger partial charge in [0.1, 0.15) is 0 Å². The zero-order chi connectivity index (χ0) is 45.9. The summed E-state index contributed by atoms with van der Waals surface area (Å²) in [5.41, 5.74) is 21.7. The van der Waals surface area contributed by atoms with Crippen molar-refractivity contribution >= 4 is 70.4 Å². The predicted octanol–water partition coefficient (Wildman–Crippen LogP) is 18.3. The van der Waals surface area contributed by atoms with Crippen LogP contribution in [0.5, 0.6) is 0 Å². The van der Waals surface area contributed by atoms with Crippen LogP contribution in [0.1, 0.15) is 22.3 Å². The fourth-order valence-corrected chi connectivity index (χ4v) is 13.4. The van der Waals surface area contributed by atoms with Gasteiger partial charge in [0.25, 0.3) is 0 Å². The molecule has 0 fully saturated rings. The van der Waals surface area contributed by atoms with Gasteiger partial charge in [-0.15, -0.1) is 11.3 Å². The van der Waals surface area contributed by atoms with Crippen molar-refractivity contribution in [1.82, 2.24) is 4.57 Å². The standard InChI is InChI=1S/C67H42N2S/c1-2-16-46(17-3-1)69-60-28-12-7-22-55(60)65-49(23-14-29-61(65)69)44-34-39-48(40-35-44)68(47-37-32-43(33-38-47)45-36-41-64-56(42-45)53-21-8-13-31-63(53)70-64)62-30-15-24-54-52-20-6-11-27-59(52)67(66(54)62)57-25-9-4-18-50(57)51-19-5-10-26-58(51)67/h1-42H. The minimum Gasteiger partial charge on any atom is -0.310 e. The van der Waals surface area contributed by atoms with Crippen LogP contribution >= 0.6 is 11.3 Å². The van der Waals surface area contributed by atoms with Gasteiger partial charge in [0.05, 0.1) is 22.1 Å². The third-order valence-electron chi connectivity index (χ3n) is 15.2. The monoisotopic (exact) mass is 906 g/mol. The Bertz CT molecular complexity index is 4170. The molecule has 2 aliphatic carbocycles. The van der Waals surface area contributed by atoms with E-state index < -0.39 is 5.41 Å². The number of hydrogen-bond acceptors (Lipinski definition) is 2. The Morgan fingerprint density at radius 2 is 0.857 bits per heavy atom. The Morgan fingerprint density at radius 1 is 0.343 bits per heavy atom. The van der Waals surface area contributed by atoms with Crippen LogP contribution in [-0.4, -0.2) is 4.57 Å². The van der Waals surface area contributed by atoms with Crippen LogP contribution in [0.15, 0.2) is 255 Å². The highest BCUT2D eigenvalue weighted by atomic mass is 32.1. The van der Waals surface area contributed by atoms with Gasteiger partial charge in [-0.25, -0.2) is 0 Å². The van der Waals surface area contributed by atoms with Crippen LogP contribution < -0.4 is 4.90 Å². The molecule has 0 saturated carbocycles. The van der Waals surface area contributed by atoms with Gasteiger partial charge in [-0.2, -0.15) is 0 Å². The van der Waals surface area contributed by atoms with Gasteiger partial charge in [-0.3, -0.25) is 0 Å². The van der Waals surface area contributed by atoms with E-state index in [1.807, 2.05) is 11.3 Å². The molecular weight excluding hydrogens is 865 g/mol. The minimum atomic E-state index is -0.519. The van der Waals surface area contributed by atoms with Crippen LogP contribution in [0.25, 0.3) is 92.2 Å². The smallest absolute Gasteiger partial charge is 0.0746 e. The molecule has 13 aromatic rings. The molecule has 1 spiro atoms. The molecule has 0 unspecified atom stereocenters.